The van der Waals surface area contributed by atoms with E-state index >= 15 is 0 Å². The van der Waals surface area contributed by atoms with Crippen molar-refractivity contribution in [3.63, 3.8) is 0 Å². The summed E-state index contributed by atoms with van der Waals surface area (Å²) >= 11 is 0. The normalized spacial score (nSPS) is 9.88. The predicted molar refractivity (Wildman–Crippen MR) is 56.1 cm³/mol. The Morgan fingerprint density at radius 2 is 2.12 bits per heavy atom. The highest BCUT2D eigenvalue weighted by Gasteiger charge is 2.13. The van der Waals surface area contributed by atoms with Gasteiger partial charge in [0, 0.05) is 0 Å². The van der Waals surface area contributed by atoms with Gasteiger partial charge in [-0.2, -0.15) is 10.2 Å². The summed E-state index contributed by atoms with van der Waals surface area (Å²) in [5.74, 6) is -1.51. The number of aliphatic carboxylic acids is 1. The van der Waals surface area contributed by atoms with Crippen molar-refractivity contribution < 1.29 is 14.7 Å². The second-order valence-electron chi connectivity index (χ2n) is 3.28. The van der Waals surface area contributed by atoms with Crippen LogP contribution in [0.5, 0.6) is 0 Å². The summed E-state index contributed by atoms with van der Waals surface area (Å²) in [6.45, 7) is 3.18. The summed E-state index contributed by atoms with van der Waals surface area (Å²) in [5, 5.41) is 18.5. The molecule has 86 valence electrons. The maximum atomic E-state index is 11.6. The highest BCUT2D eigenvalue weighted by molar-refractivity contribution is 5.96. The molecular weight excluding hydrogens is 210 g/mol. The zero-order valence-corrected chi connectivity index (χ0v) is 9.15. The van der Waals surface area contributed by atoms with Crippen LogP contribution in [0, 0.1) is 6.92 Å². The largest absolute Gasteiger partial charge is 0.480 e. The van der Waals surface area contributed by atoms with Gasteiger partial charge in [-0.25, -0.2) is 0 Å². The van der Waals surface area contributed by atoms with Crippen LogP contribution < -0.4 is 5.32 Å². The molecule has 1 rings (SSSR count). The average molecular weight is 223 g/mol. The van der Waals surface area contributed by atoms with E-state index in [9.17, 15) is 9.59 Å². The van der Waals surface area contributed by atoms with Gasteiger partial charge in [0.05, 0.1) is 17.0 Å². The molecule has 6 nitrogen and oxygen atoms in total. The van der Waals surface area contributed by atoms with E-state index in [1.54, 1.807) is 13.0 Å². The molecule has 1 aromatic rings. The van der Waals surface area contributed by atoms with Crippen LogP contribution in [0.15, 0.2) is 6.07 Å². The number of carbonyl (C=O) groups is 2. The minimum Gasteiger partial charge on any atom is -0.480 e. The van der Waals surface area contributed by atoms with Crippen LogP contribution in [-0.4, -0.2) is 33.7 Å². The van der Waals surface area contributed by atoms with E-state index in [0.29, 0.717) is 23.4 Å². The number of hydrogen-bond donors (Lipinski definition) is 2. The van der Waals surface area contributed by atoms with Crippen LogP contribution in [0.4, 0.5) is 0 Å². The molecule has 0 atom stereocenters. The lowest BCUT2D eigenvalue weighted by atomic mass is 10.1. The fraction of sp³-hybridized carbons (Fsp3) is 0.400. The van der Waals surface area contributed by atoms with Crippen molar-refractivity contribution in [2.24, 2.45) is 0 Å². The quantitative estimate of drug-likeness (QED) is 0.758. The number of amides is 1. The zero-order chi connectivity index (χ0) is 12.1. The summed E-state index contributed by atoms with van der Waals surface area (Å²) in [6, 6.07) is 1.60. The van der Waals surface area contributed by atoms with E-state index in [1.165, 1.54) is 0 Å². The monoisotopic (exact) mass is 223 g/mol. The third-order valence-electron chi connectivity index (χ3n) is 1.97. The lowest BCUT2D eigenvalue weighted by molar-refractivity contribution is -0.135. The van der Waals surface area contributed by atoms with Gasteiger partial charge in [-0.1, -0.05) is 6.92 Å². The smallest absolute Gasteiger partial charge is 0.322 e. The Hall–Kier alpha value is -1.98. The molecule has 0 saturated heterocycles. The van der Waals surface area contributed by atoms with Gasteiger partial charge >= 0.3 is 5.97 Å². The summed E-state index contributed by atoms with van der Waals surface area (Å²) in [6.07, 6.45) is 0.573. The van der Waals surface area contributed by atoms with Crippen LogP contribution in [0.3, 0.4) is 0 Å². The Balaban J connectivity index is 2.88. The van der Waals surface area contributed by atoms with Crippen LogP contribution in [-0.2, 0) is 11.2 Å². The summed E-state index contributed by atoms with van der Waals surface area (Å²) in [4.78, 5) is 22.0. The molecule has 0 fully saturated rings. The Bertz CT molecular complexity index is 418. The maximum Gasteiger partial charge on any atom is 0.322 e. The molecule has 0 saturated carbocycles. The van der Waals surface area contributed by atoms with E-state index < -0.39 is 18.4 Å². The lowest BCUT2D eigenvalue weighted by Crippen LogP contribution is -2.30. The Morgan fingerprint density at radius 1 is 1.44 bits per heavy atom. The molecule has 0 bridgehead atoms. The molecule has 0 aromatic carbocycles. The number of aromatic nitrogens is 2. The number of carbonyl (C=O) groups excluding carboxylic acids is 1. The van der Waals surface area contributed by atoms with Crippen molar-refractivity contribution in [3.05, 3.63) is 23.0 Å². The average Bonchev–Trinajstić information content (AvgIpc) is 2.25. The summed E-state index contributed by atoms with van der Waals surface area (Å²) in [7, 11) is 0. The predicted octanol–water partition coefficient (Wildman–Crippen LogP) is 0.162. The molecule has 0 spiro atoms. The molecule has 0 aliphatic carbocycles. The number of nitrogens with one attached hydrogen (secondary N) is 1. The van der Waals surface area contributed by atoms with Gasteiger partial charge in [0.1, 0.15) is 6.54 Å². The molecule has 1 heterocycles. The first-order chi connectivity index (χ1) is 7.54. The molecular formula is C10H13N3O3. The standard InChI is InChI=1S/C10H13N3O3/c1-3-8-7(4-6(2)12-13-8)10(16)11-5-9(14)15/h4H,3,5H2,1-2H3,(H,11,16)(H,14,15). The van der Waals surface area contributed by atoms with E-state index in [2.05, 4.69) is 15.5 Å². The molecule has 1 aromatic heterocycles. The minimum atomic E-state index is -1.08. The molecule has 0 aliphatic rings. The number of carboxylic acids is 1. The van der Waals surface area contributed by atoms with Gasteiger partial charge in [0.2, 0.25) is 0 Å². The molecule has 2 N–H and O–H groups in total. The Kier molecular flexibility index (Phi) is 3.93. The number of hydrogen-bond acceptors (Lipinski definition) is 4. The van der Waals surface area contributed by atoms with Crippen molar-refractivity contribution in [1.82, 2.24) is 15.5 Å². The molecule has 0 aliphatic heterocycles. The summed E-state index contributed by atoms with van der Waals surface area (Å²) < 4.78 is 0. The Labute approximate surface area is 92.7 Å². The molecule has 0 unspecified atom stereocenters. The minimum absolute atomic E-state index is 0.385. The van der Waals surface area contributed by atoms with Gasteiger partial charge in [-0.15, -0.1) is 0 Å². The van der Waals surface area contributed by atoms with Crippen LogP contribution in [0.2, 0.25) is 0 Å². The van der Waals surface area contributed by atoms with Gasteiger partial charge in [-0.05, 0) is 19.4 Å². The van der Waals surface area contributed by atoms with Crippen molar-refractivity contribution in [3.8, 4) is 0 Å². The highest BCUT2D eigenvalue weighted by Crippen LogP contribution is 2.06. The van der Waals surface area contributed by atoms with Gasteiger partial charge in [-0.3, -0.25) is 9.59 Å². The van der Waals surface area contributed by atoms with Crippen molar-refractivity contribution >= 4 is 11.9 Å². The molecule has 1 amide bonds. The van der Waals surface area contributed by atoms with E-state index in [4.69, 9.17) is 5.11 Å². The van der Waals surface area contributed by atoms with Gasteiger partial charge < -0.3 is 10.4 Å². The van der Waals surface area contributed by atoms with Crippen LogP contribution in [0.1, 0.15) is 28.7 Å². The highest BCUT2D eigenvalue weighted by atomic mass is 16.4. The first-order valence-electron chi connectivity index (χ1n) is 4.87. The summed E-state index contributed by atoms with van der Waals surface area (Å²) in [5.41, 5.74) is 1.57. The van der Waals surface area contributed by atoms with Crippen molar-refractivity contribution in [1.29, 1.82) is 0 Å². The second kappa shape index (κ2) is 5.20. The van der Waals surface area contributed by atoms with Gasteiger partial charge in [0.25, 0.3) is 5.91 Å². The van der Waals surface area contributed by atoms with Gasteiger partial charge in [0.15, 0.2) is 0 Å². The molecule has 6 heteroatoms. The van der Waals surface area contributed by atoms with Crippen LogP contribution >= 0.6 is 0 Å². The van der Waals surface area contributed by atoms with Crippen molar-refractivity contribution in [2.75, 3.05) is 6.54 Å². The first kappa shape index (κ1) is 12.1. The van der Waals surface area contributed by atoms with E-state index in [1.807, 2.05) is 6.92 Å². The third-order valence-corrected chi connectivity index (χ3v) is 1.97. The zero-order valence-electron chi connectivity index (χ0n) is 9.15. The first-order valence-corrected chi connectivity index (χ1v) is 4.87. The molecule has 0 radical (unpaired) electrons. The number of nitrogens with zero attached hydrogens (tertiary/aromatic N) is 2. The SMILES string of the molecule is CCc1nnc(C)cc1C(=O)NCC(=O)O. The Morgan fingerprint density at radius 3 is 2.69 bits per heavy atom. The van der Waals surface area contributed by atoms with E-state index in [-0.39, 0.29) is 0 Å². The maximum absolute atomic E-state index is 11.6. The number of carboxylic acid groups (broad SMARTS) is 1. The van der Waals surface area contributed by atoms with E-state index in [0.717, 1.165) is 0 Å². The van der Waals surface area contributed by atoms with Crippen molar-refractivity contribution in [2.45, 2.75) is 20.3 Å². The second-order valence-corrected chi connectivity index (χ2v) is 3.28. The number of rotatable bonds is 4. The fourth-order valence-corrected chi connectivity index (χ4v) is 1.22. The molecule has 16 heavy (non-hydrogen) atoms. The topological polar surface area (TPSA) is 92.2 Å². The van der Waals surface area contributed by atoms with Crippen LogP contribution in [0.25, 0.3) is 0 Å². The number of aryl methyl sites for hydroxylation is 2. The fourth-order valence-electron chi connectivity index (χ4n) is 1.22. The lowest BCUT2D eigenvalue weighted by Gasteiger charge is -2.06. The third kappa shape index (κ3) is 3.01.